The molecule has 36 heavy (non-hydrogen) atoms. The quantitative estimate of drug-likeness (QED) is 0.361. The number of nitrogens with zero attached hydrogens (tertiary/aromatic N) is 3. The molecule has 0 aromatic carbocycles. The SMILES string of the molecule is F[B-](F)(F)F.F[B-](F)(F)F.O=C(O)Cn1cc(F)c(=O)[nH]c1=O.[Cu+2].c1ccc(-c2ccccn2)nc1. The molecule has 20 heteroatoms. The Morgan fingerprint density at radius 3 is 1.56 bits per heavy atom. The van der Waals surface area contributed by atoms with E-state index in [1.807, 2.05) is 36.4 Å². The van der Waals surface area contributed by atoms with Gasteiger partial charge in [-0.15, -0.1) is 0 Å². The predicted octanol–water partition coefficient (Wildman–Crippen LogP) is 3.50. The van der Waals surface area contributed by atoms with Crippen LogP contribution in [0.25, 0.3) is 11.4 Å². The van der Waals surface area contributed by atoms with Crippen LogP contribution in [0.1, 0.15) is 0 Å². The monoisotopic (exact) mass is 581 g/mol. The van der Waals surface area contributed by atoms with Gasteiger partial charge in [0.15, 0.2) is 0 Å². The van der Waals surface area contributed by atoms with Crippen molar-refractivity contribution in [1.82, 2.24) is 19.5 Å². The molecule has 0 bridgehead atoms. The van der Waals surface area contributed by atoms with Crippen LogP contribution >= 0.6 is 0 Å². The predicted molar refractivity (Wildman–Crippen MR) is 107 cm³/mol. The van der Waals surface area contributed by atoms with Gasteiger partial charge >= 0.3 is 43.2 Å². The number of carboxylic acid groups (broad SMARTS) is 1. The van der Waals surface area contributed by atoms with Crippen LogP contribution in [0, 0.1) is 5.82 Å². The first-order valence-corrected chi connectivity index (χ1v) is 8.75. The number of pyridine rings is 2. The van der Waals surface area contributed by atoms with Crippen LogP contribution < -0.4 is 11.2 Å². The molecule has 0 spiro atoms. The van der Waals surface area contributed by atoms with Gasteiger partial charge in [-0.2, -0.15) is 4.39 Å². The van der Waals surface area contributed by atoms with E-state index < -0.39 is 44.1 Å². The number of hydrogen-bond donors (Lipinski definition) is 2. The van der Waals surface area contributed by atoms with Crippen LogP contribution in [0.4, 0.5) is 38.9 Å². The van der Waals surface area contributed by atoms with Gasteiger partial charge in [0, 0.05) is 12.4 Å². The summed E-state index contributed by atoms with van der Waals surface area (Å²) in [4.78, 5) is 41.4. The third-order valence-corrected chi connectivity index (χ3v) is 2.87. The summed E-state index contributed by atoms with van der Waals surface area (Å²) in [5, 5.41) is 8.28. The summed E-state index contributed by atoms with van der Waals surface area (Å²) in [5.41, 5.74) is -0.281. The standard InChI is InChI=1S/C10H8N2.C6H5FN2O4.2BF4.Cu/c1-3-7-11-9(5-1)10-6-2-4-8-12-10;7-3-1-9(2-4(10)11)6(13)8-5(3)12;2*2-1(3,4)5;/h1-8H;1H,2H2,(H,10,11)(H,8,12,13);;;/q;;2*-1;+2. The zero-order chi connectivity index (χ0) is 27.2. The molecule has 0 saturated heterocycles. The van der Waals surface area contributed by atoms with E-state index in [-0.39, 0.29) is 17.1 Å². The van der Waals surface area contributed by atoms with E-state index in [0.717, 1.165) is 11.4 Å². The normalized spacial score (nSPS) is 10.1. The molecule has 0 saturated carbocycles. The summed E-state index contributed by atoms with van der Waals surface area (Å²) >= 11 is 0. The topological polar surface area (TPSA) is 118 Å². The Bertz CT molecular complexity index is 1100. The molecular formula is C16H13B2CuF9N4O4. The van der Waals surface area contributed by atoms with E-state index in [1.165, 1.54) is 0 Å². The minimum Gasteiger partial charge on any atom is -0.480 e. The number of aromatic amines is 1. The number of carbonyl (C=O) groups is 1. The van der Waals surface area contributed by atoms with Gasteiger partial charge in [0.1, 0.15) is 6.54 Å². The summed E-state index contributed by atoms with van der Waals surface area (Å²) in [5.74, 6) is -2.49. The van der Waals surface area contributed by atoms with Crippen molar-refractivity contribution in [1.29, 1.82) is 0 Å². The van der Waals surface area contributed by atoms with Gasteiger partial charge in [-0.25, -0.2) is 4.79 Å². The smallest absolute Gasteiger partial charge is 0.480 e. The van der Waals surface area contributed by atoms with Gasteiger partial charge in [0.2, 0.25) is 5.82 Å². The number of nitrogens with one attached hydrogen (secondary N) is 1. The molecule has 0 amide bonds. The molecule has 3 heterocycles. The average Bonchev–Trinajstić information content (AvgIpc) is 2.71. The zero-order valence-electron chi connectivity index (χ0n) is 17.3. The second-order valence-corrected chi connectivity index (χ2v) is 5.68. The summed E-state index contributed by atoms with van der Waals surface area (Å²) in [6, 6.07) is 11.6. The minimum atomic E-state index is -6.00. The van der Waals surface area contributed by atoms with Crippen molar-refractivity contribution in [3.8, 4) is 11.4 Å². The Labute approximate surface area is 205 Å². The molecule has 0 aliphatic carbocycles. The van der Waals surface area contributed by atoms with Crippen LogP contribution in [0.5, 0.6) is 0 Å². The van der Waals surface area contributed by atoms with Gasteiger partial charge in [0.05, 0.1) is 17.6 Å². The fourth-order valence-electron chi connectivity index (χ4n) is 1.77. The first-order valence-electron chi connectivity index (χ1n) is 8.75. The maximum absolute atomic E-state index is 12.5. The fraction of sp³-hybridized carbons (Fsp3) is 0.0625. The molecular weight excluding hydrogens is 568 g/mol. The van der Waals surface area contributed by atoms with Crippen LogP contribution in [0.3, 0.4) is 0 Å². The van der Waals surface area contributed by atoms with Crippen molar-refractivity contribution in [3.63, 3.8) is 0 Å². The van der Waals surface area contributed by atoms with Gasteiger partial charge in [-0.3, -0.25) is 29.1 Å². The van der Waals surface area contributed by atoms with Crippen LogP contribution in [-0.4, -0.2) is 45.1 Å². The van der Waals surface area contributed by atoms with Crippen molar-refractivity contribution in [3.05, 3.63) is 81.6 Å². The number of H-pyrrole nitrogens is 1. The number of rotatable bonds is 3. The summed E-state index contributed by atoms with van der Waals surface area (Å²) in [6.45, 7) is -0.688. The average molecular weight is 581 g/mol. The summed E-state index contributed by atoms with van der Waals surface area (Å²) in [6.07, 6.45) is 4.09. The summed E-state index contributed by atoms with van der Waals surface area (Å²) < 4.78 is 91.1. The number of carboxylic acids is 1. The molecule has 2 N–H and O–H groups in total. The second kappa shape index (κ2) is 16.2. The first-order chi connectivity index (χ1) is 16.0. The van der Waals surface area contributed by atoms with Crippen LogP contribution in [0.2, 0.25) is 0 Å². The molecule has 0 atom stereocenters. The van der Waals surface area contributed by atoms with Gasteiger partial charge in [-0.05, 0) is 24.3 Å². The van der Waals surface area contributed by atoms with E-state index in [0.29, 0.717) is 10.8 Å². The van der Waals surface area contributed by atoms with Gasteiger partial charge in [0.25, 0.3) is 5.56 Å². The molecule has 0 unspecified atom stereocenters. The number of halogens is 9. The number of aliphatic carboxylic acids is 1. The Hall–Kier alpha value is -3.53. The third-order valence-electron chi connectivity index (χ3n) is 2.87. The Morgan fingerprint density at radius 1 is 0.861 bits per heavy atom. The van der Waals surface area contributed by atoms with E-state index in [9.17, 15) is 53.3 Å². The van der Waals surface area contributed by atoms with Gasteiger partial charge in [-0.1, -0.05) is 12.1 Å². The van der Waals surface area contributed by atoms with E-state index >= 15 is 0 Å². The van der Waals surface area contributed by atoms with E-state index in [1.54, 1.807) is 17.4 Å². The molecule has 3 aromatic rings. The molecule has 3 aromatic heterocycles. The van der Waals surface area contributed by atoms with Crippen molar-refractivity contribution < 1.29 is 65.9 Å². The van der Waals surface area contributed by atoms with E-state index in [4.69, 9.17) is 5.11 Å². The third kappa shape index (κ3) is 19.9. The second-order valence-electron chi connectivity index (χ2n) is 5.68. The zero-order valence-corrected chi connectivity index (χ0v) is 18.2. The largest absolute Gasteiger partial charge is 2.00 e. The fourth-order valence-corrected chi connectivity index (χ4v) is 1.77. The Kier molecular flexibility index (Phi) is 15.6. The molecule has 8 nitrogen and oxygen atoms in total. The van der Waals surface area contributed by atoms with Crippen molar-refractivity contribution in [2.24, 2.45) is 0 Å². The van der Waals surface area contributed by atoms with Crippen molar-refractivity contribution >= 4 is 20.5 Å². The molecule has 3 rings (SSSR count). The molecule has 1 radical (unpaired) electrons. The van der Waals surface area contributed by atoms with Crippen LogP contribution in [-0.2, 0) is 28.4 Å². The number of aromatic nitrogens is 4. The molecule has 0 aliphatic rings. The van der Waals surface area contributed by atoms with Crippen LogP contribution in [0.15, 0.2) is 64.6 Å². The molecule has 201 valence electrons. The van der Waals surface area contributed by atoms with Crippen molar-refractivity contribution in [2.45, 2.75) is 6.54 Å². The maximum Gasteiger partial charge on any atom is 2.00 e. The van der Waals surface area contributed by atoms with Crippen molar-refractivity contribution in [2.75, 3.05) is 0 Å². The molecule has 0 aliphatic heterocycles. The first kappa shape index (κ1) is 34.6. The Morgan fingerprint density at radius 2 is 1.25 bits per heavy atom. The summed E-state index contributed by atoms with van der Waals surface area (Å²) in [7, 11) is -12.0. The molecule has 0 fully saturated rings. The van der Waals surface area contributed by atoms with E-state index in [2.05, 4.69) is 9.97 Å². The van der Waals surface area contributed by atoms with Gasteiger partial charge < -0.3 is 39.6 Å². The minimum absolute atomic E-state index is 0. The Balaban J connectivity index is 0. The number of hydrogen-bond acceptors (Lipinski definition) is 5. The maximum atomic E-state index is 12.5.